The maximum atomic E-state index is 12.3. The lowest BCUT2D eigenvalue weighted by atomic mass is 9.95. The number of carbonyl (C=O) groups excluding carboxylic acids is 2. The van der Waals surface area contributed by atoms with Crippen molar-refractivity contribution in [2.45, 2.75) is 19.3 Å². The fourth-order valence-corrected chi connectivity index (χ4v) is 2.27. The van der Waals surface area contributed by atoms with Gasteiger partial charge in [-0.1, -0.05) is 0 Å². The zero-order valence-corrected chi connectivity index (χ0v) is 12.9. The van der Waals surface area contributed by atoms with E-state index in [1.54, 1.807) is 26.1 Å². The first kappa shape index (κ1) is 16.9. The van der Waals surface area contributed by atoms with Gasteiger partial charge in [0.1, 0.15) is 0 Å². The van der Waals surface area contributed by atoms with Crippen molar-refractivity contribution >= 4 is 11.8 Å². The van der Waals surface area contributed by atoms with E-state index in [1.807, 2.05) is 0 Å². The highest BCUT2D eigenvalue weighted by Gasteiger charge is 2.22. The molecular weight excluding hydrogens is 258 g/mol. The molecule has 116 valence electrons. The molecule has 1 atom stereocenters. The lowest BCUT2D eigenvalue weighted by Crippen LogP contribution is -2.43. The van der Waals surface area contributed by atoms with Gasteiger partial charge in [0, 0.05) is 34.2 Å². The van der Waals surface area contributed by atoms with Gasteiger partial charge in [0.25, 0.3) is 0 Å². The summed E-state index contributed by atoms with van der Waals surface area (Å²) in [5.41, 5.74) is 0. The Balaban J connectivity index is 2.51. The predicted molar refractivity (Wildman–Crippen MR) is 77.4 cm³/mol. The molecule has 1 aliphatic rings. The molecule has 0 spiro atoms. The van der Waals surface area contributed by atoms with Crippen molar-refractivity contribution in [1.82, 2.24) is 15.1 Å². The molecule has 1 N–H and O–H groups in total. The van der Waals surface area contributed by atoms with E-state index >= 15 is 0 Å². The Labute approximate surface area is 121 Å². The maximum Gasteiger partial charge on any atom is 0.241 e. The summed E-state index contributed by atoms with van der Waals surface area (Å²) >= 11 is 0. The molecule has 0 aliphatic carbocycles. The Kier molecular flexibility index (Phi) is 7.54. The van der Waals surface area contributed by atoms with Gasteiger partial charge in [0.05, 0.1) is 13.2 Å². The van der Waals surface area contributed by atoms with Gasteiger partial charge in [0.15, 0.2) is 0 Å². The Morgan fingerprint density at radius 1 is 1.30 bits per heavy atom. The molecule has 2 amide bonds. The van der Waals surface area contributed by atoms with E-state index in [0.29, 0.717) is 25.5 Å². The molecule has 0 aromatic carbocycles. The fourth-order valence-electron chi connectivity index (χ4n) is 2.27. The number of nitrogens with zero attached hydrogens (tertiary/aromatic N) is 2. The van der Waals surface area contributed by atoms with Gasteiger partial charge in [-0.15, -0.1) is 0 Å². The molecule has 6 heteroatoms. The summed E-state index contributed by atoms with van der Waals surface area (Å²) in [4.78, 5) is 27.3. The summed E-state index contributed by atoms with van der Waals surface area (Å²) in [7, 11) is 5.00. The first-order valence-electron chi connectivity index (χ1n) is 7.22. The zero-order valence-electron chi connectivity index (χ0n) is 12.9. The second kappa shape index (κ2) is 8.92. The van der Waals surface area contributed by atoms with Crippen molar-refractivity contribution in [2.24, 2.45) is 5.92 Å². The predicted octanol–water partition coefficient (Wildman–Crippen LogP) is -0.0607. The van der Waals surface area contributed by atoms with Crippen molar-refractivity contribution in [2.75, 3.05) is 54.0 Å². The van der Waals surface area contributed by atoms with Gasteiger partial charge >= 0.3 is 0 Å². The molecule has 1 aliphatic heterocycles. The van der Waals surface area contributed by atoms with Gasteiger partial charge in [-0.3, -0.25) is 9.59 Å². The first-order valence-corrected chi connectivity index (χ1v) is 7.22. The highest BCUT2D eigenvalue weighted by atomic mass is 16.5. The highest BCUT2D eigenvalue weighted by molar-refractivity contribution is 5.84. The van der Waals surface area contributed by atoms with Crippen LogP contribution >= 0.6 is 0 Å². The summed E-state index contributed by atoms with van der Waals surface area (Å²) in [5, 5.41) is 3.31. The third-order valence-corrected chi connectivity index (χ3v) is 3.61. The van der Waals surface area contributed by atoms with E-state index in [2.05, 4.69) is 5.32 Å². The topological polar surface area (TPSA) is 61.9 Å². The molecule has 1 rings (SSSR count). The Bertz CT molecular complexity index is 315. The number of carbonyl (C=O) groups is 2. The van der Waals surface area contributed by atoms with Crippen molar-refractivity contribution in [3.05, 3.63) is 0 Å². The summed E-state index contributed by atoms with van der Waals surface area (Å²) in [5.74, 6) is 0.373. The number of methoxy groups -OCH3 is 1. The molecule has 1 unspecified atom stereocenters. The molecule has 0 aromatic rings. The average Bonchev–Trinajstić information content (AvgIpc) is 2.43. The van der Waals surface area contributed by atoms with Gasteiger partial charge in [-0.2, -0.15) is 0 Å². The quantitative estimate of drug-likeness (QED) is 0.712. The van der Waals surface area contributed by atoms with Crippen LogP contribution in [-0.2, 0) is 14.3 Å². The second-order valence-electron chi connectivity index (χ2n) is 5.51. The minimum absolute atomic E-state index is 0.0472. The number of nitrogens with one attached hydrogen (secondary N) is 1. The van der Waals surface area contributed by atoms with Crippen molar-refractivity contribution in [1.29, 1.82) is 0 Å². The maximum absolute atomic E-state index is 12.3. The Morgan fingerprint density at radius 2 is 2.05 bits per heavy atom. The van der Waals surface area contributed by atoms with Crippen LogP contribution in [0.2, 0.25) is 0 Å². The van der Waals surface area contributed by atoms with Crippen LogP contribution in [0.3, 0.4) is 0 Å². The first-order chi connectivity index (χ1) is 9.54. The lowest BCUT2D eigenvalue weighted by molar-refractivity contribution is -0.140. The van der Waals surface area contributed by atoms with Crippen LogP contribution in [0.4, 0.5) is 0 Å². The number of likely N-dealkylation sites (N-methyl/N-ethyl adjacent to an activating group) is 1. The van der Waals surface area contributed by atoms with Crippen LogP contribution in [0, 0.1) is 5.92 Å². The molecule has 0 saturated carbocycles. The van der Waals surface area contributed by atoms with Gasteiger partial charge in [0.2, 0.25) is 11.8 Å². The van der Waals surface area contributed by atoms with Crippen molar-refractivity contribution < 1.29 is 14.3 Å². The second-order valence-corrected chi connectivity index (χ2v) is 5.51. The molecule has 6 nitrogen and oxygen atoms in total. The number of ether oxygens (including phenoxy) is 1. The van der Waals surface area contributed by atoms with Crippen molar-refractivity contribution in [3.63, 3.8) is 0 Å². The van der Waals surface area contributed by atoms with E-state index < -0.39 is 0 Å². The Morgan fingerprint density at radius 3 is 2.60 bits per heavy atom. The van der Waals surface area contributed by atoms with Gasteiger partial charge < -0.3 is 19.9 Å². The molecule has 20 heavy (non-hydrogen) atoms. The third-order valence-electron chi connectivity index (χ3n) is 3.61. The SMILES string of the molecule is COCCN(CC(=O)N(C)C)C(=O)CC1CCCNC1. The highest BCUT2D eigenvalue weighted by Crippen LogP contribution is 2.15. The van der Waals surface area contributed by atoms with Crippen molar-refractivity contribution in [3.8, 4) is 0 Å². The number of piperidine rings is 1. The monoisotopic (exact) mass is 285 g/mol. The smallest absolute Gasteiger partial charge is 0.241 e. The molecule has 0 aromatic heterocycles. The van der Waals surface area contributed by atoms with Crippen LogP contribution in [0.15, 0.2) is 0 Å². The van der Waals surface area contributed by atoms with Crippen LogP contribution in [0.1, 0.15) is 19.3 Å². The number of rotatable bonds is 7. The summed E-state index contributed by atoms with van der Waals surface area (Å²) in [6.45, 7) is 2.99. The van der Waals surface area contributed by atoms with Crippen LogP contribution < -0.4 is 5.32 Å². The third kappa shape index (κ3) is 5.88. The number of hydrogen-bond acceptors (Lipinski definition) is 4. The average molecular weight is 285 g/mol. The Hall–Kier alpha value is -1.14. The molecule has 0 radical (unpaired) electrons. The summed E-state index contributed by atoms with van der Waals surface area (Å²) in [6.07, 6.45) is 2.71. The van der Waals surface area contributed by atoms with Crippen LogP contribution in [-0.4, -0.2) is 75.6 Å². The van der Waals surface area contributed by atoms with Crippen LogP contribution in [0.5, 0.6) is 0 Å². The zero-order chi connectivity index (χ0) is 15.0. The van der Waals surface area contributed by atoms with E-state index in [9.17, 15) is 9.59 Å². The van der Waals surface area contributed by atoms with E-state index in [0.717, 1.165) is 25.9 Å². The van der Waals surface area contributed by atoms with Gasteiger partial charge in [-0.05, 0) is 31.8 Å². The number of amides is 2. The van der Waals surface area contributed by atoms with Crippen LogP contribution in [0.25, 0.3) is 0 Å². The summed E-state index contributed by atoms with van der Waals surface area (Å²) in [6, 6.07) is 0. The molecule has 1 fully saturated rings. The molecular formula is C14H27N3O3. The summed E-state index contributed by atoms with van der Waals surface area (Å²) < 4.78 is 5.02. The van der Waals surface area contributed by atoms with Gasteiger partial charge in [-0.25, -0.2) is 0 Å². The minimum Gasteiger partial charge on any atom is -0.383 e. The fraction of sp³-hybridized carbons (Fsp3) is 0.857. The molecule has 0 bridgehead atoms. The standard InChI is InChI=1S/C14H27N3O3/c1-16(2)14(19)11-17(7-8-20-3)13(18)9-12-5-4-6-15-10-12/h12,15H,4-11H2,1-3H3. The van der Waals surface area contributed by atoms with E-state index in [1.165, 1.54) is 4.90 Å². The minimum atomic E-state index is -0.0591. The largest absolute Gasteiger partial charge is 0.383 e. The normalized spacial score (nSPS) is 18.6. The number of hydrogen-bond donors (Lipinski definition) is 1. The lowest BCUT2D eigenvalue weighted by Gasteiger charge is -2.27. The van der Waals surface area contributed by atoms with E-state index in [4.69, 9.17) is 4.74 Å². The molecule has 1 heterocycles. The molecule has 1 saturated heterocycles. The van der Waals surface area contributed by atoms with E-state index in [-0.39, 0.29) is 18.4 Å².